The van der Waals surface area contributed by atoms with Crippen molar-refractivity contribution >= 4 is 23.3 Å². The fourth-order valence-electron chi connectivity index (χ4n) is 4.18. The number of hydrogen-bond acceptors (Lipinski definition) is 3. The van der Waals surface area contributed by atoms with Crippen LogP contribution < -0.4 is 10.6 Å². The molecule has 2 amide bonds. The van der Waals surface area contributed by atoms with Crippen molar-refractivity contribution in [3.8, 4) is 0 Å². The molecule has 1 saturated carbocycles. The van der Waals surface area contributed by atoms with Crippen LogP contribution in [0.5, 0.6) is 0 Å². The summed E-state index contributed by atoms with van der Waals surface area (Å²) in [5, 5.41) is 5.51. The van der Waals surface area contributed by atoms with E-state index in [2.05, 4.69) is 10.6 Å². The Morgan fingerprint density at radius 2 is 1.79 bits per heavy atom. The van der Waals surface area contributed by atoms with Crippen molar-refractivity contribution in [3.05, 3.63) is 65.0 Å². The third-order valence-corrected chi connectivity index (χ3v) is 5.78. The van der Waals surface area contributed by atoms with Gasteiger partial charge in [-0.15, -0.1) is 0 Å². The Morgan fingerprint density at radius 3 is 2.52 bits per heavy atom. The molecule has 0 bridgehead atoms. The van der Waals surface area contributed by atoms with Crippen LogP contribution in [0.4, 0.5) is 10.1 Å². The zero-order valence-electron chi connectivity index (χ0n) is 16.0. The summed E-state index contributed by atoms with van der Waals surface area (Å²) in [5.74, 6) is -1.91. The second kappa shape index (κ2) is 8.15. The average Bonchev–Trinajstić information content (AvgIpc) is 3.35. The van der Waals surface area contributed by atoms with Crippen molar-refractivity contribution in [2.24, 2.45) is 5.92 Å². The van der Waals surface area contributed by atoms with Crippen LogP contribution in [0.3, 0.4) is 0 Å². The van der Waals surface area contributed by atoms with Gasteiger partial charge < -0.3 is 10.6 Å². The number of ketones is 1. The van der Waals surface area contributed by atoms with Crippen molar-refractivity contribution in [2.75, 3.05) is 11.9 Å². The number of halogens is 1. The summed E-state index contributed by atoms with van der Waals surface area (Å²) in [5.41, 5.74) is 2.60. The summed E-state index contributed by atoms with van der Waals surface area (Å²) in [6.45, 7) is 0.338. The first kappa shape index (κ1) is 19.3. The fraction of sp³-hybridized carbons (Fsp3) is 0.348. The molecule has 2 aromatic rings. The average molecular weight is 394 g/mol. The van der Waals surface area contributed by atoms with E-state index in [1.54, 1.807) is 30.3 Å². The van der Waals surface area contributed by atoms with Crippen LogP contribution in [-0.2, 0) is 16.0 Å². The lowest BCUT2D eigenvalue weighted by molar-refractivity contribution is -0.128. The van der Waals surface area contributed by atoms with Crippen LogP contribution in [0.25, 0.3) is 0 Å². The number of anilines is 1. The topological polar surface area (TPSA) is 75.3 Å². The highest BCUT2D eigenvalue weighted by Gasteiger charge is 2.37. The van der Waals surface area contributed by atoms with E-state index in [0.29, 0.717) is 29.8 Å². The number of rotatable bonds is 6. The summed E-state index contributed by atoms with van der Waals surface area (Å²) in [4.78, 5) is 37.8. The third kappa shape index (κ3) is 4.06. The highest BCUT2D eigenvalue weighted by Crippen LogP contribution is 2.35. The van der Waals surface area contributed by atoms with E-state index in [1.807, 2.05) is 0 Å². The number of fused-ring (bicyclic) bond motifs is 1. The zero-order chi connectivity index (χ0) is 20.4. The van der Waals surface area contributed by atoms with Gasteiger partial charge in [-0.1, -0.05) is 25.0 Å². The molecule has 1 aliphatic carbocycles. The molecule has 1 fully saturated rings. The monoisotopic (exact) mass is 394 g/mol. The maximum absolute atomic E-state index is 13.0. The van der Waals surface area contributed by atoms with E-state index in [1.165, 1.54) is 12.1 Å². The van der Waals surface area contributed by atoms with Crippen molar-refractivity contribution in [3.63, 3.8) is 0 Å². The van der Waals surface area contributed by atoms with Crippen LogP contribution in [0, 0.1) is 11.7 Å². The maximum Gasteiger partial charge on any atom is 0.241 e. The smallest absolute Gasteiger partial charge is 0.241 e. The van der Waals surface area contributed by atoms with Crippen LogP contribution >= 0.6 is 0 Å². The zero-order valence-corrected chi connectivity index (χ0v) is 16.0. The lowest BCUT2D eigenvalue weighted by Gasteiger charge is -2.12. The van der Waals surface area contributed by atoms with Crippen molar-refractivity contribution in [1.82, 2.24) is 5.32 Å². The predicted molar refractivity (Wildman–Crippen MR) is 107 cm³/mol. The Bertz CT molecular complexity index is 949. The fourth-order valence-corrected chi connectivity index (χ4v) is 4.18. The van der Waals surface area contributed by atoms with E-state index >= 15 is 0 Å². The molecule has 6 heteroatoms. The minimum absolute atomic E-state index is 0.0427. The van der Waals surface area contributed by atoms with E-state index in [4.69, 9.17) is 0 Å². The molecule has 150 valence electrons. The van der Waals surface area contributed by atoms with E-state index < -0.39 is 11.8 Å². The van der Waals surface area contributed by atoms with Crippen molar-refractivity contribution < 1.29 is 18.8 Å². The van der Waals surface area contributed by atoms with Crippen LogP contribution in [-0.4, -0.2) is 24.1 Å². The molecule has 2 aromatic carbocycles. The summed E-state index contributed by atoms with van der Waals surface area (Å²) in [6.07, 6.45) is 4.48. The maximum atomic E-state index is 13.0. The Labute approximate surface area is 168 Å². The van der Waals surface area contributed by atoms with Crippen LogP contribution in [0.15, 0.2) is 42.5 Å². The van der Waals surface area contributed by atoms with E-state index in [9.17, 15) is 18.8 Å². The summed E-state index contributed by atoms with van der Waals surface area (Å²) in [7, 11) is 0. The highest BCUT2D eigenvalue weighted by atomic mass is 19.1. The predicted octanol–water partition coefficient (Wildman–Crippen LogP) is 3.59. The normalized spacial score (nSPS) is 18.4. The molecular formula is C23H23FN2O3. The summed E-state index contributed by atoms with van der Waals surface area (Å²) in [6, 6.07) is 11.2. The summed E-state index contributed by atoms with van der Waals surface area (Å²) >= 11 is 0. The van der Waals surface area contributed by atoms with Gasteiger partial charge in [0.05, 0.1) is 0 Å². The SMILES string of the molecule is O=C(c1ccc2c(c1)C(C(=O)NCCc1ccc(F)cc1)C(=O)N2)C1CCCC1. The van der Waals surface area contributed by atoms with E-state index in [-0.39, 0.29) is 23.4 Å². The molecule has 0 saturated heterocycles. The lowest BCUT2D eigenvalue weighted by Crippen LogP contribution is -2.34. The van der Waals surface area contributed by atoms with Gasteiger partial charge in [0.25, 0.3) is 0 Å². The second-order valence-electron chi connectivity index (χ2n) is 7.74. The Hall–Kier alpha value is -3.02. The highest BCUT2D eigenvalue weighted by molar-refractivity contribution is 6.16. The van der Waals surface area contributed by atoms with Gasteiger partial charge in [0.15, 0.2) is 5.78 Å². The van der Waals surface area contributed by atoms with Crippen molar-refractivity contribution in [1.29, 1.82) is 0 Å². The molecule has 1 atom stereocenters. The molecule has 2 N–H and O–H groups in total. The quantitative estimate of drug-likeness (QED) is 0.581. The van der Waals surface area contributed by atoms with E-state index in [0.717, 1.165) is 31.2 Å². The Kier molecular flexibility index (Phi) is 5.43. The molecule has 29 heavy (non-hydrogen) atoms. The Morgan fingerprint density at radius 1 is 1.07 bits per heavy atom. The molecular weight excluding hydrogens is 371 g/mol. The van der Waals surface area contributed by atoms with Gasteiger partial charge in [0.1, 0.15) is 11.7 Å². The molecule has 0 spiro atoms. The van der Waals surface area contributed by atoms with Crippen LogP contribution in [0.2, 0.25) is 0 Å². The largest absolute Gasteiger partial charge is 0.355 e. The Balaban J connectivity index is 1.44. The van der Waals surface area contributed by atoms with Gasteiger partial charge in [-0.2, -0.15) is 0 Å². The van der Waals surface area contributed by atoms with Gasteiger partial charge in [0, 0.05) is 23.7 Å². The minimum Gasteiger partial charge on any atom is -0.355 e. The van der Waals surface area contributed by atoms with Crippen LogP contribution in [0.1, 0.15) is 53.1 Å². The van der Waals surface area contributed by atoms with Gasteiger partial charge in [0.2, 0.25) is 11.8 Å². The number of Topliss-reactive ketones (excluding diaryl/α,β-unsaturated/α-hetero) is 1. The number of nitrogens with one attached hydrogen (secondary N) is 2. The number of amides is 2. The van der Waals surface area contributed by atoms with Gasteiger partial charge in [-0.3, -0.25) is 14.4 Å². The second-order valence-corrected chi connectivity index (χ2v) is 7.74. The minimum atomic E-state index is -0.963. The first-order valence-corrected chi connectivity index (χ1v) is 10.0. The summed E-state index contributed by atoms with van der Waals surface area (Å²) < 4.78 is 13.0. The molecule has 0 radical (unpaired) electrons. The first-order valence-electron chi connectivity index (χ1n) is 10.0. The number of benzene rings is 2. The number of hydrogen-bond donors (Lipinski definition) is 2. The van der Waals surface area contributed by atoms with Gasteiger partial charge in [-0.05, 0) is 60.7 Å². The first-order chi connectivity index (χ1) is 14.0. The molecule has 2 aliphatic rings. The van der Waals surface area contributed by atoms with Gasteiger partial charge in [-0.25, -0.2) is 4.39 Å². The molecule has 4 rings (SSSR count). The number of carbonyl (C=O) groups is 3. The molecule has 1 heterocycles. The molecule has 5 nitrogen and oxygen atoms in total. The number of carbonyl (C=O) groups excluding carboxylic acids is 3. The standard InChI is InChI=1S/C23H23FN2O3/c24-17-8-5-14(6-9-17)11-12-25-22(28)20-18-13-16(7-10-19(18)26-23(20)29)21(27)15-3-1-2-4-15/h5-10,13,15,20H,1-4,11-12H2,(H,25,28)(H,26,29). The molecule has 0 aromatic heterocycles. The molecule has 1 unspecified atom stereocenters. The van der Waals surface area contributed by atoms with Gasteiger partial charge >= 0.3 is 0 Å². The van der Waals surface area contributed by atoms with Crippen molar-refractivity contribution in [2.45, 2.75) is 38.0 Å². The molecule has 1 aliphatic heterocycles. The lowest BCUT2D eigenvalue weighted by atomic mass is 9.92. The third-order valence-electron chi connectivity index (χ3n) is 5.78.